The van der Waals surface area contributed by atoms with Gasteiger partial charge in [-0.3, -0.25) is 4.79 Å². The average Bonchev–Trinajstić information content (AvgIpc) is 2.55. The van der Waals surface area contributed by atoms with Crippen LogP contribution in [-0.4, -0.2) is 26.7 Å². The summed E-state index contributed by atoms with van der Waals surface area (Å²) in [5, 5.41) is 2.72. The van der Waals surface area contributed by atoms with Crippen LogP contribution in [0.25, 0.3) is 0 Å². The van der Waals surface area contributed by atoms with Crippen LogP contribution >= 0.6 is 11.7 Å². The van der Waals surface area contributed by atoms with Crippen molar-refractivity contribution in [2.45, 2.75) is 25.9 Å². The summed E-state index contributed by atoms with van der Waals surface area (Å²) in [7, 11) is 0. The fraction of sp³-hybridized carbons (Fsp3) is 0.571. The van der Waals surface area contributed by atoms with E-state index >= 15 is 0 Å². The molecule has 3 N–H and O–H groups in total. The van der Waals surface area contributed by atoms with Gasteiger partial charge in [-0.2, -0.15) is 8.75 Å². The first kappa shape index (κ1) is 10.1. The van der Waals surface area contributed by atoms with Gasteiger partial charge in [-0.05, 0) is 13.8 Å². The van der Waals surface area contributed by atoms with Gasteiger partial charge in [-0.15, -0.1) is 0 Å². The Morgan fingerprint density at radius 2 is 2.38 bits per heavy atom. The zero-order chi connectivity index (χ0) is 9.84. The fourth-order valence-corrected chi connectivity index (χ4v) is 1.09. The van der Waals surface area contributed by atoms with Crippen LogP contribution < -0.4 is 11.1 Å². The highest BCUT2D eigenvalue weighted by atomic mass is 32.1. The van der Waals surface area contributed by atoms with Crippen LogP contribution in [0.2, 0.25) is 0 Å². The maximum absolute atomic E-state index is 11.4. The van der Waals surface area contributed by atoms with E-state index in [0.29, 0.717) is 5.69 Å². The molecule has 0 radical (unpaired) electrons. The molecule has 1 aromatic heterocycles. The molecule has 1 aromatic rings. The van der Waals surface area contributed by atoms with E-state index in [2.05, 4.69) is 14.1 Å². The standard InChI is InChI=1S/C7H12N4OS/c1-4(8)5(2)10-7(12)6-3-9-13-11-6/h3-5H,8H2,1-2H3,(H,10,12). The van der Waals surface area contributed by atoms with E-state index in [1.54, 1.807) is 0 Å². The van der Waals surface area contributed by atoms with Crippen molar-refractivity contribution in [1.82, 2.24) is 14.1 Å². The summed E-state index contributed by atoms with van der Waals surface area (Å²) < 4.78 is 7.54. The van der Waals surface area contributed by atoms with Gasteiger partial charge in [0.25, 0.3) is 5.91 Å². The van der Waals surface area contributed by atoms with Crippen molar-refractivity contribution in [3.63, 3.8) is 0 Å². The Bertz CT molecular complexity index is 272. The Morgan fingerprint density at radius 3 is 2.85 bits per heavy atom. The molecule has 72 valence electrons. The quantitative estimate of drug-likeness (QED) is 0.720. The van der Waals surface area contributed by atoms with E-state index in [0.717, 1.165) is 11.7 Å². The number of nitrogens with zero attached hydrogens (tertiary/aromatic N) is 2. The molecule has 2 atom stereocenters. The Kier molecular flexibility index (Phi) is 3.32. The van der Waals surface area contributed by atoms with Crippen molar-refractivity contribution in [2.24, 2.45) is 5.73 Å². The Morgan fingerprint density at radius 1 is 1.69 bits per heavy atom. The second-order valence-corrected chi connectivity index (χ2v) is 3.47. The highest BCUT2D eigenvalue weighted by molar-refractivity contribution is 6.99. The van der Waals surface area contributed by atoms with Crippen molar-refractivity contribution in [3.8, 4) is 0 Å². The summed E-state index contributed by atoms with van der Waals surface area (Å²) in [6.07, 6.45) is 1.44. The molecule has 1 amide bonds. The number of carbonyl (C=O) groups excluding carboxylic acids is 1. The van der Waals surface area contributed by atoms with Gasteiger partial charge >= 0.3 is 0 Å². The molecule has 1 heterocycles. The van der Waals surface area contributed by atoms with E-state index in [-0.39, 0.29) is 18.0 Å². The van der Waals surface area contributed by atoms with Crippen LogP contribution in [0.4, 0.5) is 0 Å². The molecular formula is C7H12N4OS. The van der Waals surface area contributed by atoms with Crippen molar-refractivity contribution >= 4 is 17.6 Å². The van der Waals surface area contributed by atoms with E-state index in [1.165, 1.54) is 6.20 Å². The van der Waals surface area contributed by atoms with Crippen LogP contribution in [0.15, 0.2) is 6.20 Å². The molecule has 5 nitrogen and oxygen atoms in total. The van der Waals surface area contributed by atoms with Crippen molar-refractivity contribution in [1.29, 1.82) is 0 Å². The monoisotopic (exact) mass is 200 g/mol. The van der Waals surface area contributed by atoms with Crippen molar-refractivity contribution in [3.05, 3.63) is 11.9 Å². The van der Waals surface area contributed by atoms with Gasteiger partial charge in [0.15, 0.2) is 5.69 Å². The number of aromatic nitrogens is 2. The number of hydrogen-bond donors (Lipinski definition) is 2. The number of rotatable bonds is 3. The second kappa shape index (κ2) is 4.29. The molecule has 0 aromatic carbocycles. The first-order chi connectivity index (χ1) is 6.11. The third-order valence-electron chi connectivity index (χ3n) is 1.74. The number of amides is 1. The lowest BCUT2D eigenvalue weighted by Gasteiger charge is -2.16. The molecule has 0 aliphatic rings. The molecule has 6 heteroatoms. The molecule has 0 aliphatic heterocycles. The minimum absolute atomic E-state index is 0.0609. The van der Waals surface area contributed by atoms with Gasteiger partial charge in [-0.1, -0.05) is 0 Å². The summed E-state index contributed by atoms with van der Waals surface area (Å²) >= 11 is 1.01. The van der Waals surface area contributed by atoms with Crippen LogP contribution in [0.3, 0.4) is 0 Å². The molecule has 0 bridgehead atoms. The Hall–Kier alpha value is -1.01. The minimum atomic E-state index is -0.224. The molecule has 2 unspecified atom stereocenters. The number of carbonyl (C=O) groups is 1. The zero-order valence-corrected chi connectivity index (χ0v) is 8.34. The average molecular weight is 200 g/mol. The second-order valence-electron chi connectivity index (χ2n) is 2.91. The lowest BCUT2D eigenvalue weighted by Crippen LogP contribution is -2.44. The van der Waals surface area contributed by atoms with Crippen LogP contribution in [0, 0.1) is 0 Å². The van der Waals surface area contributed by atoms with Gasteiger partial charge in [-0.25, -0.2) is 0 Å². The lowest BCUT2D eigenvalue weighted by molar-refractivity contribution is 0.0931. The molecule has 0 saturated carbocycles. The van der Waals surface area contributed by atoms with Gasteiger partial charge in [0.1, 0.15) is 0 Å². The van der Waals surface area contributed by atoms with Crippen LogP contribution in [-0.2, 0) is 0 Å². The number of nitrogens with one attached hydrogen (secondary N) is 1. The van der Waals surface area contributed by atoms with Crippen LogP contribution in [0.1, 0.15) is 24.3 Å². The highest BCUT2D eigenvalue weighted by Gasteiger charge is 2.14. The number of hydrogen-bond acceptors (Lipinski definition) is 5. The summed E-state index contributed by atoms with van der Waals surface area (Å²) in [5.41, 5.74) is 5.93. The third-order valence-corrected chi connectivity index (χ3v) is 2.22. The third kappa shape index (κ3) is 2.74. The topological polar surface area (TPSA) is 80.9 Å². The predicted molar refractivity (Wildman–Crippen MR) is 50.5 cm³/mol. The molecular weight excluding hydrogens is 188 g/mol. The normalized spacial score (nSPS) is 15.0. The molecule has 1 rings (SSSR count). The Balaban J connectivity index is 2.52. The number of nitrogens with two attached hydrogens (primary N) is 1. The van der Waals surface area contributed by atoms with E-state index in [9.17, 15) is 4.79 Å². The Labute approximate surface area is 80.7 Å². The lowest BCUT2D eigenvalue weighted by atomic mass is 10.2. The summed E-state index contributed by atoms with van der Waals surface area (Å²) in [5.74, 6) is -0.224. The van der Waals surface area contributed by atoms with Gasteiger partial charge in [0.05, 0.1) is 17.9 Å². The van der Waals surface area contributed by atoms with Gasteiger partial charge in [0, 0.05) is 12.1 Å². The summed E-state index contributed by atoms with van der Waals surface area (Å²) in [4.78, 5) is 11.4. The van der Waals surface area contributed by atoms with E-state index in [4.69, 9.17) is 5.73 Å². The maximum Gasteiger partial charge on any atom is 0.272 e. The smallest absolute Gasteiger partial charge is 0.272 e. The van der Waals surface area contributed by atoms with Gasteiger partial charge in [0.2, 0.25) is 0 Å². The fourth-order valence-electron chi connectivity index (χ4n) is 0.677. The largest absolute Gasteiger partial charge is 0.347 e. The summed E-state index contributed by atoms with van der Waals surface area (Å²) in [6, 6.07) is -0.134. The molecule has 0 spiro atoms. The summed E-state index contributed by atoms with van der Waals surface area (Å²) in [6.45, 7) is 3.69. The molecule has 0 saturated heterocycles. The van der Waals surface area contributed by atoms with E-state index in [1.807, 2.05) is 13.8 Å². The predicted octanol–water partition coefficient (Wildman–Crippen LogP) is 0.00360. The van der Waals surface area contributed by atoms with Crippen molar-refractivity contribution in [2.75, 3.05) is 0 Å². The molecule has 0 fully saturated rings. The van der Waals surface area contributed by atoms with E-state index < -0.39 is 0 Å². The first-order valence-electron chi connectivity index (χ1n) is 3.95. The highest BCUT2D eigenvalue weighted by Crippen LogP contribution is 1.96. The van der Waals surface area contributed by atoms with Crippen LogP contribution in [0.5, 0.6) is 0 Å². The molecule has 13 heavy (non-hydrogen) atoms. The van der Waals surface area contributed by atoms with Crippen molar-refractivity contribution < 1.29 is 4.79 Å². The zero-order valence-electron chi connectivity index (χ0n) is 7.52. The SMILES string of the molecule is CC(N)C(C)NC(=O)c1cnsn1. The molecule has 0 aliphatic carbocycles. The minimum Gasteiger partial charge on any atom is -0.347 e. The first-order valence-corrected chi connectivity index (χ1v) is 4.68. The maximum atomic E-state index is 11.4. The van der Waals surface area contributed by atoms with Gasteiger partial charge < -0.3 is 11.1 Å².